The molecule has 2 bridgehead atoms. The number of hydrogen-bond donors (Lipinski definition) is 0. The van der Waals surface area contributed by atoms with Gasteiger partial charge in [-0.15, -0.1) is 0 Å². The largest absolute Gasteiger partial charge is 0.492 e. The molecule has 0 saturated heterocycles. The van der Waals surface area contributed by atoms with E-state index in [1.807, 2.05) is 12.1 Å². The third kappa shape index (κ3) is 4.72. The van der Waals surface area contributed by atoms with E-state index in [1.54, 1.807) is 0 Å². The van der Waals surface area contributed by atoms with Gasteiger partial charge < -0.3 is 4.74 Å². The summed E-state index contributed by atoms with van der Waals surface area (Å²) in [6.07, 6.45) is 15.5. The van der Waals surface area contributed by atoms with Gasteiger partial charge >= 0.3 is 0 Å². The fraction of sp³-hybridized carbons (Fsp3) is 0.548. The molecule has 0 aliphatic heterocycles. The normalized spacial score (nSPS) is 23.3. The van der Waals surface area contributed by atoms with Crippen LogP contribution in [-0.4, -0.2) is 6.61 Å². The van der Waals surface area contributed by atoms with E-state index in [-0.39, 0.29) is 0 Å². The zero-order valence-corrected chi connectivity index (χ0v) is 21.0. The molecule has 2 aromatic rings. The molecular weight excluding hydrogens is 416 g/mol. The van der Waals surface area contributed by atoms with Crippen molar-refractivity contribution >= 4 is 0 Å². The summed E-state index contributed by atoms with van der Waals surface area (Å²) in [6, 6.07) is 17.1. The molecule has 3 aliphatic carbocycles. The van der Waals surface area contributed by atoms with Crippen LogP contribution in [0.25, 0.3) is 11.1 Å². The molecule has 0 heterocycles. The maximum absolute atomic E-state index is 9.88. The summed E-state index contributed by atoms with van der Waals surface area (Å²) >= 11 is 0. The summed E-state index contributed by atoms with van der Waals surface area (Å²) in [5.41, 5.74) is 4.97. The van der Waals surface area contributed by atoms with Gasteiger partial charge in [-0.25, -0.2) is 0 Å². The molecule has 3 fully saturated rings. The second-order valence-corrected chi connectivity index (χ2v) is 10.6. The van der Waals surface area contributed by atoms with Crippen LogP contribution in [0.4, 0.5) is 0 Å². The zero-order valence-electron chi connectivity index (χ0n) is 21.0. The molecule has 3 nitrogen and oxygen atoms in total. The quantitative estimate of drug-likeness (QED) is 0.338. The van der Waals surface area contributed by atoms with Crippen LogP contribution >= 0.6 is 0 Å². The van der Waals surface area contributed by atoms with E-state index in [0.29, 0.717) is 34.3 Å². The molecule has 5 rings (SSSR count). The molecule has 3 saturated carbocycles. The van der Waals surface area contributed by atoms with Crippen molar-refractivity contribution in [2.75, 3.05) is 6.61 Å². The Labute approximate surface area is 205 Å². The summed E-state index contributed by atoms with van der Waals surface area (Å²) in [6.45, 7) is 4.96. The molecule has 0 amide bonds. The molecule has 0 spiro atoms. The monoisotopic (exact) mass is 454 g/mol. The van der Waals surface area contributed by atoms with Crippen molar-refractivity contribution in [1.29, 1.82) is 10.5 Å². The predicted molar refractivity (Wildman–Crippen MR) is 138 cm³/mol. The Kier molecular flexibility index (Phi) is 7.63. The van der Waals surface area contributed by atoms with Crippen LogP contribution < -0.4 is 4.74 Å². The van der Waals surface area contributed by atoms with Crippen LogP contribution in [0.5, 0.6) is 5.75 Å². The van der Waals surface area contributed by atoms with Gasteiger partial charge in [0.15, 0.2) is 0 Å². The average Bonchev–Trinajstić information content (AvgIpc) is 2.89. The minimum atomic E-state index is 0.331. The van der Waals surface area contributed by atoms with Gasteiger partial charge in [0.2, 0.25) is 0 Å². The highest BCUT2D eigenvalue weighted by atomic mass is 16.5. The first-order valence-electron chi connectivity index (χ1n) is 13.3. The minimum Gasteiger partial charge on any atom is -0.492 e. The maximum Gasteiger partial charge on any atom is 0.138 e. The lowest BCUT2D eigenvalue weighted by atomic mass is 9.51. The number of unbranched alkanes of at least 4 members (excludes halogenated alkanes) is 3. The van der Waals surface area contributed by atoms with Crippen molar-refractivity contribution in [3.8, 4) is 29.0 Å². The van der Waals surface area contributed by atoms with Gasteiger partial charge in [-0.3, -0.25) is 0 Å². The Morgan fingerprint density at radius 1 is 0.765 bits per heavy atom. The average molecular weight is 455 g/mol. The summed E-state index contributed by atoms with van der Waals surface area (Å²) in [5.74, 6) is 0.513. The fourth-order valence-electron chi connectivity index (χ4n) is 6.32. The lowest BCUT2D eigenvalue weighted by Crippen LogP contribution is -2.44. The second-order valence-electron chi connectivity index (χ2n) is 10.6. The highest BCUT2D eigenvalue weighted by Crippen LogP contribution is 2.59. The smallest absolute Gasteiger partial charge is 0.138 e. The van der Waals surface area contributed by atoms with Gasteiger partial charge in [-0.1, -0.05) is 63.8 Å². The predicted octanol–water partition coefficient (Wildman–Crippen LogP) is 8.45. The van der Waals surface area contributed by atoms with E-state index in [1.165, 1.54) is 69.8 Å². The first-order chi connectivity index (χ1) is 16.6. The molecule has 3 heteroatoms. The molecule has 3 aliphatic rings. The van der Waals surface area contributed by atoms with Crippen molar-refractivity contribution in [3.63, 3.8) is 0 Å². The molecule has 0 aromatic heterocycles. The van der Waals surface area contributed by atoms with E-state index >= 15 is 0 Å². The second kappa shape index (κ2) is 10.7. The van der Waals surface area contributed by atoms with Gasteiger partial charge in [-0.2, -0.15) is 10.5 Å². The Balaban J connectivity index is 1.53. The van der Waals surface area contributed by atoms with Crippen LogP contribution in [0.1, 0.15) is 108 Å². The summed E-state index contributed by atoms with van der Waals surface area (Å²) in [5, 5.41) is 19.6. The third-order valence-corrected chi connectivity index (χ3v) is 8.67. The van der Waals surface area contributed by atoms with E-state index in [2.05, 4.69) is 50.3 Å². The summed E-state index contributed by atoms with van der Waals surface area (Å²) < 4.78 is 5.80. The molecule has 178 valence electrons. The molecule has 0 atom stereocenters. The molecule has 34 heavy (non-hydrogen) atoms. The molecular formula is C31H38N2O. The molecule has 0 N–H and O–H groups in total. The first kappa shape index (κ1) is 24.3. The SMILES string of the molecule is CCCCCC12CCC(c3ccc(-c4ccc(OCCCC)c(C#N)c4C#N)cc3)(CC1)CC2. The number of fused-ring (bicyclic) bond motifs is 3. The number of rotatable bonds is 10. The van der Waals surface area contributed by atoms with Crippen molar-refractivity contribution in [2.45, 2.75) is 96.3 Å². The zero-order chi connectivity index (χ0) is 24.0. The fourth-order valence-corrected chi connectivity index (χ4v) is 6.32. The minimum absolute atomic E-state index is 0.331. The van der Waals surface area contributed by atoms with Crippen LogP contribution in [0.2, 0.25) is 0 Å². The molecule has 0 radical (unpaired) electrons. The number of nitriles is 2. The summed E-state index contributed by atoms with van der Waals surface area (Å²) in [4.78, 5) is 0. The molecule has 0 unspecified atom stereocenters. The number of hydrogen-bond acceptors (Lipinski definition) is 3. The van der Waals surface area contributed by atoms with Gasteiger partial charge in [0.25, 0.3) is 0 Å². The number of nitrogens with zero attached hydrogens (tertiary/aromatic N) is 2. The van der Waals surface area contributed by atoms with E-state index in [0.717, 1.165) is 24.0 Å². The lowest BCUT2D eigenvalue weighted by Gasteiger charge is -2.54. The molecule has 2 aromatic carbocycles. The van der Waals surface area contributed by atoms with Crippen molar-refractivity contribution in [3.05, 3.63) is 53.1 Å². The Morgan fingerprint density at radius 3 is 2.00 bits per heavy atom. The third-order valence-electron chi connectivity index (χ3n) is 8.67. The van der Waals surface area contributed by atoms with Gasteiger partial charge in [0, 0.05) is 5.56 Å². The lowest BCUT2D eigenvalue weighted by molar-refractivity contribution is 0.0305. The van der Waals surface area contributed by atoms with Gasteiger partial charge in [0.05, 0.1) is 12.2 Å². The number of benzene rings is 2. The Bertz CT molecular complexity index is 1050. The van der Waals surface area contributed by atoms with Crippen molar-refractivity contribution < 1.29 is 4.74 Å². The topological polar surface area (TPSA) is 56.8 Å². The van der Waals surface area contributed by atoms with E-state index in [9.17, 15) is 10.5 Å². The van der Waals surface area contributed by atoms with E-state index in [4.69, 9.17) is 4.74 Å². The van der Waals surface area contributed by atoms with Crippen LogP contribution in [-0.2, 0) is 5.41 Å². The first-order valence-corrected chi connectivity index (χ1v) is 13.3. The van der Waals surface area contributed by atoms with Crippen LogP contribution in [0.3, 0.4) is 0 Å². The summed E-state index contributed by atoms with van der Waals surface area (Å²) in [7, 11) is 0. The van der Waals surface area contributed by atoms with Gasteiger partial charge in [-0.05, 0) is 85.5 Å². The number of ether oxygens (including phenoxy) is 1. The van der Waals surface area contributed by atoms with Crippen LogP contribution in [0.15, 0.2) is 36.4 Å². The van der Waals surface area contributed by atoms with Crippen LogP contribution in [0, 0.1) is 28.1 Å². The Morgan fingerprint density at radius 2 is 1.41 bits per heavy atom. The maximum atomic E-state index is 9.88. The van der Waals surface area contributed by atoms with Gasteiger partial charge in [0.1, 0.15) is 23.5 Å². The van der Waals surface area contributed by atoms with Crippen molar-refractivity contribution in [1.82, 2.24) is 0 Å². The Hall–Kier alpha value is -2.78. The standard InChI is InChI=1S/C31H38N2O/c1-3-5-7-14-30-15-18-31(19-16-30,20-17-30)25-10-8-24(9-11-25)26-12-13-29(34-21-6-4-2)28(23-33)27(26)22-32/h8-13H,3-7,14-21H2,1-2H3. The highest BCUT2D eigenvalue weighted by Gasteiger charge is 2.48. The highest BCUT2D eigenvalue weighted by molar-refractivity contribution is 5.76. The van der Waals surface area contributed by atoms with E-state index < -0.39 is 0 Å². The van der Waals surface area contributed by atoms with Crippen molar-refractivity contribution in [2.24, 2.45) is 5.41 Å².